The van der Waals surface area contributed by atoms with Gasteiger partial charge < -0.3 is 4.74 Å². The molecule has 0 fully saturated rings. The van der Waals surface area contributed by atoms with Gasteiger partial charge in [-0.3, -0.25) is 0 Å². The number of nitrogens with zero attached hydrogens (tertiary/aromatic N) is 1. The zero-order chi connectivity index (χ0) is 8.55. The first kappa shape index (κ1) is 6.93. The minimum atomic E-state index is 0.757. The van der Waals surface area contributed by atoms with Crippen molar-refractivity contribution in [2.45, 2.75) is 0 Å². The molecule has 1 aromatic carbocycles. The fraction of sp³-hybridized carbons (Fsp3) is 0.100. The smallest absolute Gasteiger partial charge is 0.119 e. The van der Waals surface area contributed by atoms with Gasteiger partial charge in [-0.25, -0.2) is 0 Å². The van der Waals surface area contributed by atoms with Crippen molar-refractivity contribution in [2.24, 2.45) is 0 Å². The van der Waals surface area contributed by atoms with Crippen LogP contribution in [0.4, 0.5) is 0 Å². The Kier molecular flexibility index (Phi) is 1.38. The predicted octanol–water partition coefficient (Wildman–Crippen LogP) is 2.07. The van der Waals surface area contributed by atoms with Gasteiger partial charge in [0.1, 0.15) is 5.75 Å². The van der Waals surface area contributed by atoms with Crippen LogP contribution in [0.15, 0.2) is 18.2 Å². The van der Waals surface area contributed by atoms with Gasteiger partial charge in [0.25, 0.3) is 0 Å². The van der Waals surface area contributed by atoms with E-state index < -0.39 is 0 Å². The van der Waals surface area contributed by atoms with Crippen molar-refractivity contribution in [3.8, 4) is 11.8 Å². The number of fused-ring (bicyclic) bond motifs is 1. The predicted molar refractivity (Wildman–Crippen MR) is 46.5 cm³/mol. The standard InChI is InChI=1S/C10H7NO/c1-12-9-2-3-10-7(5-9)4-8(10)6-11/h2-5H,1H3. The molecule has 0 aliphatic heterocycles. The lowest BCUT2D eigenvalue weighted by molar-refractivity contribution is 0.414. The zero-order valence-corrected chi connectivity index (χ0v) is 6.66. The van der Waals surface area contributed by atoms with Crippen molar-refractivity contribution >= 4 is 11.6 Å². The molecule has 0 radical (unpaired) electrons. The van der Waals surface area contributed by atoms with E-state index in [0.717, 1.165) is 22.4 Å². The van der Waals surface area contributed by atoms with Crippen molar-refractivity contribution in [3.05, 3.63) is 29.3 Å². The molecule has 0 saturated carbocycles. The number of allylic oxidation sites excluding steroid dienone is 1. The Morgan fingerprint density at radius 2 is 2.25 bits per heavy atom. The molecule has 0 aromatic heterocycles. The highest BCUT2D eigenvalue weighted by atomic mass is 16.5. The topological polar surface area (TPSA) is 33.0 Å². The van der Waals surface area contributed by atoms with Crippen LogP contribution < -0.4 is 4.74 Å². The number of nitriles is 1. The summed E-state index contributed by atoms with van der Waals surface area (Å²) in [6, 6.07) is 7.82. The SMILES string of the molecule is COc1ccc2c(c1)C=C2C#N. The molecule has 1 aromatic rings. The molecule has 2 nitrogen and oxygen atoms in total. The number of benzene rings is 1. The Bertz CT molecular complexity index is 399. The molecule has 2 heteroatoms. The van der Waals surface area contributed by atoms with Crippen molar-refractivity contribution in [1.29, 1.82) is 5.26 Å². The van der Waals surface area contributed by atoms with Gasteiger partial charge in [0, 0.05) is 0 Å². The van der Waals surface area contributed by atoms with Gasteiger partial charge in [0.15, 0.2) is 0 Å². The average molecular weight is 157 g/mol. The summed E-state index contributed by atoms with van der Waals surface area (Å²) in [5, 5.41) is 8.61. The van der Waals surface area contributed by atoms with E-state index in [1.54, 1.807) is 7.11 Å². The summed E-state index contributed by atoms with van der Waals surface area (Å²) in [6.07, 6.45) is 1.86. The Balaban J connectivity index is 2.42. The van der Waals surface area contributed by atoms with Crippen LogP contribution in [0.25, 0.3) is 11.6 Å². The van der Waals surface area contributed by atoms with Crippen LogP contribution in [-0.4, -0.2) is 7.11 Å². The molecule has 0 spiro atoms. The van der Waals surface area contributed by atoms with E-state index in [1.807, 2.05) is 24.3 Å². The van der Waals surface area contributed by atoms with Crippen LogP contribution in [0.2, 0.25) is 0 Å². The van der Waals surface area contributed by atoms with Crippen LogP contribution in [0.3, 0.4) is 0 Å². The summed E-state index contributed by atoms with van der Waals surface area (Å²) in [4.78, 5) is 0. The molecule has 12 heavy (non-hydrogen) atoms. The molecular formula is C10H7NO. The van der Waals surface area contributed by atoms with E-state index in [1.165, 1.54) is 0 Å². The third-order valence-electron chi connectivity index (χ3n) is 1.97. The van der Waals surface area contributed by atoms with E-state index in [0.29, 0.717) is 0 Å². The highest BCUT2D eigenvalue weighted by Gasteiger charge is 2.15. The second kappa shape index (κ2) is 2.38. The van der Waals surface area contributed by atoms with E-state index in [-0.39, 0.29) is 0 Å². The van der Waals surface area contributed by atoms with E-state index >= 15 is 0 Å². The van der Waals surface area contributed by atoms with Crippen molar-refractivity contribution in [1.82, 2.24) is 0 Å². The summed E-state index contributed by atoms with van der Waals surface area (Å²) in [6.45, 7) is 0. The summed E-state index contributed by atoms with van der Waals surface area (Å²) < 4.78 is 5.04. The Morgan fingerprint density at radius 1 is 1.42 bits per heavy atom. The summed E-state index contributed by atoms with van der Waals surface area (Å²) in [5.74, 6) is 0.835. The minimum Gasteiger partial charge on any atom is -0.497 e. The molecule has 2 rings (SSSR count). The van der Waals surface area contributed by atoms with Crippen LogP contribution >= 0.6 is 0 Å². The normalized spacial score (nSPS) is 12.2. The number of methoxy groups -OCH3 is 1. The lowest BCUT2D eigenvalue weighted by atomic mass is 9.89. The zero-order valence-electron chi connectivity index (χ0n) is 6.66. The van der Waals surface area contributed by atoms with Gasteiger partial charge >= 0.3 is 0 Å². The molecule has 0 amide bonds. The van der Waals surface area contributed by atoms with Crippen molar-refractivity contribution in [3.63, 3.8) is 0 Å². The molecule has 0 bridgehead atoms. The van der Waals surface area contributed by atoms with Gasteiger partial charge in [0.05, 0.1) is 18.8 Å². The lowest BCUT2D eigenvalue weighted by Crippen LogP contribution is -1.97. The number of hydrogen-bond donors (Lipinski definition) is 0. The monoisotopic (exact) mass is 157 g/mol. The summed E-state index contributed by atoms with van der Waals surface area (Å²) in [7, 11) is 1.63. The van der Waals surface area contributed by atoms with Gasteiger partial charge in [-0.1, -0.05) is 0 Å². The van der Waals surface area contributed by atoms with Gasteiger partial charge in [-0.05, 0) is 35.4 Å². The van der Waals surface area contributed by atoms with E-state index in [4.69, 9.17) is 10.00 Å². The molecule has 1 aliphatic rings. The number of hydrogen-bond acceptors (Lipinski definition) is 2. The molecule has 0 heterocycles. The molecule has 1 aliphatic carbocycles. The van der Waals surface area contributed by atoms with Crippen LogP contribution in [0.1, 0.15) is 11.1 Å². The third kappa shape index (κ3) is 0.802. The van der Waals surface area contributed by atoms with E-state index in [9.17, 15) is 0 Å². The Labute approximate surface area is 70.7 Å². The van der Waals surface area contributed by atoms with Crippen LogP contribution in [0, 0.1) is 11.3 Å². The maximum atomic E-state index is 8.61. The van der Waals surface area contributed by atoms with Crippen molar-refractivity contribution in [2.75, 3.05) is 7.11 Å². The second-order valence-electron chi connectivity index (χ2n) is 2.62. The van der Waals surface area contributed by atoms with Crippen LogP contribution in [-0.2, 0) is 0 Å². The number of ether oxygens (including phenoxy) is 1. The Hall–Kier alpha value is -1.75. The lowest BCUT2D eigenvalue weighted by Gasteiger charge is -2.14. The highest BCUT2D eigenvalue weighted by Crippen LogP contribution is 2.33. The summed E-state index contributed by atoms with van der Waals surface area (Å²) in [5.41, 5.74) is 2.87. The summed E-state index contributed by atoms with van der Waals surface area (Å²) >= 11 is 0. The minimum absolute atomic E-state index is 0.757. The quantitative estimate of drug-likeness (QED) is 0.625. The highest BCUT2D eigenvalue weighted by molar-refractivity contribution is 6.02. The third-order valence-corrected chi connectivity index (χ3v) is 1.97. The molecule has 0 N–H and O–H groups in total. The molecule has 0 atom stereocenters. The maximum Gasteiger partial charge on any atom is 0.119 e. The number of rotatable bonds is 1. The first-order valence-corrected chi connectivity index (χ1v) is 3.65. The van der Waals surface area contributed by atoms with Gasteiger partial charge in [-0.2, -0.15) is 5.26 Å². The fourth-order valence-corrected chi connectivity index (χ4v) is 1.28. The Morgan fingerprint density at radius 3 is 2.83 bits per heavy atom. The molecule has 0 saturated heterocycles. The maximum absolute atomic E-state index is 8.61. The van der Waals surface area contributed by atoms with Crippen molar-refractivity contribution < 1.29 is 4.74 Å². The fourth-order valence-electron chi connectivity index (χ4n) is 1.28. The second-order valence-corrected chi connectivity index (χ2v) is 2.62. The molecular weight excluding hydrogens is 150 g/mol. The van der Waals surface area contributed by atoms with Gasteiger partial charge in [0.2, 0.25) is 0 Å². The molecule has 58 valence electrons. The van der Waals surface area contributed by atoms with Crippen LogP contribution in [0.5, 0.6) is 5.75 Å². The average Bonchev–Trinajstić information content (AvgIpc) is 2.07. The molecule has 0 unspecified atom stereocenters. The van der Waals surface area contributed by atoms with E-state index in [2.05, 4.69) is 6.07 Å². The first-order valence-electron chi connectivity index (χ1n) is 3.65. The van der Waals surface area contributed by atoms with Gasteiger partial charge in [-0.15, -0.1) is 0 Å². The first-order chi connectivity index (χ1) is 5.85. The largest absolute Gasteiger partial charge is 0.497 e.